The highest BCUT2D eigenvalue weighted by Gasteiger charge is 2.22. The summed E-state index contributed by atoms with van der Waals surface area (Å²) in [4.78, 5) is 17.8. The van der Waals surface area contributed by atoms with Gasteiger partial charge in [0.1, 0.15) is 6.10 Å². The van der Waals surface area contributed by atoms with Gasteiger partial charge >= 0.3 is 5.56 Å². The van der Waals surface area contributed by atoms with Crippen LogP contribution in [0.2, 0.25) is 0 Å². The Hall–Kier alpha value is -1.36. The zero-order valence-electron chi connectivity index (χ0n) is 9.06. The summed E-state index contributed by atoms with van der Waals surface area (Å²) in [6.07, 6.45) is 6.70. The van der Waals surface area contributed by atoms with Gasteiger partial charge in [0, 0.05) is 19.0 Å². The summed E-state index contributed by atoms with van der Waals surface area (Å²) in [5, 5.41) is 9.00. The maximum Gasteiger partial charge on any atom is 0.310 e. The number of rotatable bonds is 3. The molecule has 2 rings (SSSR count). The van der Waals surface area contributed by atoms with E-state index in [0.29, 0.717) is 5.92 Å². The Morgan fingerprint density at radius 2 is 2.19 bits per heavy atom. The zero-order valence-corrected chi connectivity index (χ0v) is 9.06. The molecule has 1 fully saturated rings. The molecule has 0 spiro atoms. The summed E-state index contributed by atoms with van der Waals surface area (Å²) < 4.78 is 5.54. The SMILES string of the molecule is O=c1[nH]ccnc1OC1CCC(CO)CC1. The fourth-order valence-electron chi connectivity index (χ4n) is 2.01. The second-order valence-corrected chi connectivity index (χ2v) is 4.17. The first kappa shape index (κ1) is 11.1. The van der Waals surface area contributed by atoms with E-state index in [4.69, 9.17) is 9.84 Å². The molecule has 1 aliphatic carbocycles. The first-order chi connectivity index (χ1) is 7.79. The third kappa shape index (κ3) is 2.61. The van der Waals surface area contributed by atoms with Gasteiger partial charge in [0.15, 0.2) is 0 Å². The molecular formula is C11H16N2O3. The summed E-state index contributed by atoms with van der Waals surface area (Å²) in [6.45, 7) is 0.247. The average molecular weight is 224 g/mol. The van der Waals surface area contributed by atoms with E-state index < -0.39 is 0 Å². The number of aromatic amines is 1. The summed E-state index contributed by atoms with van der Waals surface area (Å²) in [7, 11) is 0. The number of aliphatic hydroxyl groups excluding tert-OH is 1. The summed E-state index contributed by atoms with van der Waals surface area (Å²) in [5.74, 6) is 0.539. The van der Waals surface area contributed by atoms with Gasteiger partial charge in [-0.25, -0.2) is 4.98 Å². The second-order valence-electron chi connectivity index (χ2n) is 4.17. The van der Waals surface area contributed by atoms with Gasteiger partial charge in [-0.15, -0.1) is 0 Å². The molecule has 0 amide bonds. The van der Waals surface area contributed by atoms with Crippen LogP contribution in [-0.4, -0.2) is 27.8 Å². The maximum absolute atomic E-state index is 11.3. The van der Waals surface area contributed by atoms with E-state index in [0.717, 1.165) is 25.7 Å². The second kappa shape index (κ2) is 5.12. The first-order valence-electron chi connectivity index (χ1n) is 5.61. The Morgan fingerprint density at radius 1 is 1.44 bits per heavy atom. The van der Waals surface area contributed by atoms with Crippen LogP contribution in [0.5, 0.6) is 5.88 Å². The number of hydrogen-bond donors (Lipinski definition) is 2. The standard InChI is InChI=1S/C11H16N2O3/c14-7-8-1-3-9(4-2-8)16-11-10(15)12-5-6-13-11/h5-6,8-9,14H,1-4,7H2,(H,12,15). The van der Waals surface area contributed by atoms with Crippen molar-refractivity contribution in [1.82, 2.24) is 9.97 Å². The molecule has 2 N–H and O–H groups in total. The number of nitrogens with zero attached hydrogens (tertiary/aromatic N) is 1. The van der Waals surface area contributed by atoms with Gasteiger partial charge in [-0.3, -0.25) is 4.79 Å². The monoisotopic (exact) mass is 224 g/mol. The molecule has 0 atom stereocenters. The molecule has 1 saturated carbocycles. The van der Waals surface area contributed by atoms with Crippen LogP contribution in [0.4, 0.5) is 0 Å². The van der Waals surface area contributed by atoms with Crippen LogP contribution >= 0.6 is 0 Å². The maximum atomic E-state index is 11.3. The normalized spacial score (nSPS) is 25.3. The predicted octanol–water partition coefficient (Wildman–Crippen LogP) is 0.700. The predicted molar refractivity (Wildman–Crippen MR) is 58.3 cm³/mol. The molecule has 88 valence electrons. The topological polar surface area (TPSA) is 75.2 Å². The fraction of sp³-hybridized carbons (Fsp3) is 0.636. The number of aromatic nitrogens is 2. The smallest absolute Gasteiger partial charge is 0.310 e. The lowest BCUT2D eigenvalue weighted by atomic mass is 9.88. The van der Waals surface area contributed by atoms with Crippen molar-refractivity contribution in [2.75, 3.05) is 6.61 Å². The van der Waals surface area contributed by atoms with Crippen molar-refractivity contribution in [3.63, 3.8) is 0 Å². The van der Waals surface area contributed by atoms with Crippen LogP contribution in [0, 0.1) is 5.92 Å². The third-order valence-corrected chi connectivity index (χ3v) is 3.01. The van der Waals surface area contributed by atoms with E-state index in [1.165, 1.54) is 12.4 Å². The van der Waals surface area contributed by atoms with Crippen molar-refractivity contribution in [3.8, 4) is 5.88 Å². The summed E-state index contributed by atoms with van der Waals surface area (Å²) in [6, 6.07) is 0. The molecular weight excluding hydrogens is 208 g/mol. The first-order valence-corrected chi connectivity index (χ1v) is 5.61. The van der Waals surface area contributed by atoms with Gasteiger partial charge < -0.3 is 14.8 Å². The lowest BCUT2D eigenvalue weighted by Crippen LogP contribution is -2.28. The van der Waals surface area contributed by atoms with Gasteiger partial charge in [0.25, 0.3) is 5.88 Å². The number of ether oxygens (including phenoxy) is 1. The molecule has 0 unspecified atom stereocenters. The van der Waals surface area contributed by atoms with E-state index in [9.17, 15) is 4.79 Å². The van der Waals surface area contributed by atoms with Gasteiger partial charge in [-0.05, 0) is 31.6 Å². The number of aliphatic hydroxyl groups is 1. The molecule has 0 bridgehead atoms. The lowest BCUT2D eigenvalue weighted by Gasteiger charge is -2.26. The van der Waals surface area contributed by atoms with Gasteiger partial charge in [-0.2, -0.15) is 0 Å². The molecule has 0 aliphatic heterocycles. The van der Waals surface area contributed by atoms with Crippen molar-refractivity contribution in [2.45, 2.75) is 31.8 Å². The minimum atomic E-state index is -0.285. The molecule has 0 aromatic carbocycles. The Morgan fingerprint density at radius 3 is 2.81 bits per heavy atom. The molecule has 5 nitrogen and oxygen atoms in total. The zero-order chi connectivity index (χ0) is 11.4. The van der Waals surface area contributed by atoms with E-state index in [2.05, 4.69) is 9.97 Å². The highest BCUT2D eigenvalue weighted by molar-refractivity contribution is 5.03. The quantitative estimate of drug-likeness (QED) is 0.792. The van der Waals surface area contributed by atoms with Crippen LogP contribution in [0.25, 0.3) is 0 Å². The van der Waals surface area contributed by atoms with Gasteiger partial charge in [0.05, 0.1) is 0 Å². The van der Waals surface area contributed by atoms with Gasteiger partial charge in [-0.1, -0.05) is 0 Å². The van der Waals surface area contributed by atoms with Crippen molar-refractivity contribution < 1.29 is 9.84 Å². The molecule has 1 aromatic rings. The van der Waals surface area contributed by atoms with Gasteiger partial charge in [0.2, 0.25) is 0 Å². The molecule has 0 radical (unpaired) electrons. The van der Waals surface area contributed by atoms with Crippen molar-refractivity contribution >= 4 is 0 Å². The van der Waals surface area contributed by atoms with E-state index in [1.54, 1.807) is 0 Å². The van der Waals surface area contributed by atoms with E-state index in [1.807, 2.05) is 0 Å². The van der Waals surface area contributed by atoms with Crippen LogP contribution in [0.3, 0.4) is 0 Å². The number of hydrogen-bond acceptors (Lipinski definition) is 4. The largest absolute Gasteiger partial charge is 0.470 e. The molecule has 1 aromatic heterocycles. The molecule has 5 heteroatoms. The highest BCUT2D eigenvalue weighted by Crippen LogP contribution is 2.25. The van der Waals surface area contributed by atoms with E-state index >= 15 is 0 Å². The number of H-pyrrole nitrogens is 1. The Bertz CT molecular complexity index is 383. The van der Waals surface area contributed by atoms with Crippen molar-refractivity contribution in [1.29, 1.82) is 0 Å². The third-order valence-electron chi connectivity index (χ3n) is 3.01. The van der Waals surface area contributed by atoms with Crippen LogP contribution in [-0.2, 0) is 0 Å². The van der Waals surface area contributed by atoms with Crippen molar-refractivity contribution in [3.05, 3.63) is 22.7 Å². The minimum absolute atomic E-state index is 0.0544. The fourth-order valence-corrected chi connectivity index (χ4v) is 2.01. The Balaban J connectivity index is 1.92. The molecule has 16 heavy (non-hydrogen) atoms. The molecule has 1 heterocycles. The average Bonchev–Trinajstić information content (AvgIpc) is 2.33. The van der Waals surface area contributed by atoms with Crippen LogP contribution in [0.1, 0.15) is 25.7 Å². The lowest BCUT2D eigenvalue weighted by molar-refractivity contribution is 0.0991. The number of nitrogens with one attached hydrogen (secondary N) is 1. The van der Waals surface area contributed by atoms with Crippen LogP contribution < -0.4 is 10.3 Å². The van der Waals surface area contributed by atoms with Crippen LogP contribution in [0.15, 0.2) is 17.2 Å². The highest BCUT2D eigenvalue weighted by atomic mass is 16.5. The summed E-state index contributed by atoms with van der Waals surface area (Å²) >= 11 is 0. The Kier molecular flexibility index (Phi) is 3.56. The summed E-state index contributed by atoms with van der Waals surface area (Å²) in [5.41, 5.74) is -0.285. The molecule has 1 aliphatic rings. The van der Waals surface area contributed by atoms with E-state index in [-0.39, 0.29) is 24.2 Å². The van der Waals surface area contributed by atoms with Crippen molar-refractivity contribution in [2.24, 2.45) is 5.92 Å². The minimum Gasteiger partial charge on any atom is -0.470 e. The molecule has 0 saturated heterocycles. The Labute approximate surface area is 93.5 Å².